The SMILES string of the molecule is N#CCOc1ccc(/C=N/NC(=O)c2cc3cc(Br)ccc3o2)cc1. The van der Waals surface area contributed by atoms with E-state index in [2.05, 4.69) is 26.5 Å². The largest absolute Gasteiger partial charge is 0.479 e. The van der Waals surface area contributed by atoms with Gasteiger partial charge >= 0.3 is 5.91 Å². The fraction of sp³-hybridized carbons (Fsp3) is 0.0556. The molecule has 0 aliphatic rings. The van der Waals surface area contributed by atoms with Gasteiger partial charge in [0.25, 0.3) is 0 Å². The summed E-state index contributed by atoms with van der Waals surface area (Å²) in [6, 6.07) is 16.0. The lowest BCUT2D eigenvalue weighted by Gasteiger charge is -2.01. The van der Waals surface area contributed by atoms with Gasteiger partial charge in [-0.15, -0.1) is 0 Å². The van der Waals surface area contributed by atoms with Crippen molar-refractivity contribution < 1.29 is 13.9 Å². The van der Waals surface area contributed by atoms with Crippen LogP contribution < -0.4 is 10.2 Å². The van der Waals surface area contributed by atoms with Gasteiger partial charge in [0.15, 0.2) is 12.4 Å². The Balaban J connectivity index is 1.62. The Morgan fingerprint density at radius 2 is 2.08 bits per heavy atom. The van der Waals surface area contributed by atoms with Crippen molar-refractivity contribution in [3.63, 3.8) is 0 Å². The average Bonchev–Trinajstić information content (AvgIpc) is 3.04. The van der Waals surface area contributed by atoms with Crippen molar-refractivity contribution in [2.24, 2.45) is 5.10 Å². The third-order valence-electron chi connectivity index (χ3n) is 3.27. The third-order valence-corrected chi connectivity index (χ3v) is 3.76. The number of furan rings is 1. The molecule has 2 aromatic carbocycles. The van der Waals surface area contributed by atoms with E-state index in [0.717, 1.165) is 15.4 Å². The van der Waals surface area contributed by atoms with E-state index in [1.165, 1.54) is 6.21 Å². The van der Waals surface area contributed by atoms with Crippen molar-refractivity contribution >= 4 is 39.0 Å². The predicted molar refractivity (Wildman–Crippen MR) is 96.5 cm³/mol. The molecule has 0 bridgehead atoms. The first kappa shape index (κ1) is 16.7. The molecule has 0 unspecified atom stereocenters. The van der Waals surface area contributed by atoms with Crippen molar-refractivity contribution in [1.29, 1.82) is 5.26 Å². The Bertz CT molecular complexity index is 971. The number of hydrazone groups is 1. The summed E-state index contributed by atoms with van der Waals surface area (Å²) in [5.41, 5.74) is 3.83. The Morgan fingerprint density at radius 1 is 1.28 bits per heavy atom. The number of carbonyl (C=O) groups is 1. The number of carbonyl (C=O) groups excluding carboxylic acids is 1. The number of nitriles is 1. The second-order valence-electron chi connectivity index (χ2n) is 5.01. The van der Waals surface area contributed by atoms with Gasteiger partial charge in [-0.3, -0.25) is 4.79 Å². The van der Waals surface area contributed by atoms with Gasteiger partial charge in [0.1, 0.15) is 17.4 Å². The fourth-order valence-electron chi connectivity index (χ4n) is 2.11. The van der Waals surface area contributed by atoms with Gasteiger partial charge < -0.3 is 9.15 Å². The summed E-state index contributed by atoms with van der Waals surface area (Å²) in [7, 11) is 0. The van der Waals surface area contributed by atoms with Crippen LogP contribution in [-0.4, -0.2) is 18.7 Å². The lowest BCUT2D eigenvalue weighted by atomic mass is 10.2. The Kier molecular flexibility index (Phi) is 5.11. The molecule has 0 aliphatic heterocycles. The van der Waals surface area contributed by atoms with Crippen LogP contribution in [0.3, 0.4) is 0 Å². The van der Waals surface area contributed by atoms with Crippen LogP contribution in [0.15, 0.2) is 62.5 Å². The van der Waals surface area contributed by atoms with Crippen LogP contribution in [0, 0.1) is 11.3 Å². The Morgan fingerprint density at radius 3 is 2.84 bits per heavy atom. The fourth-order valence-corrected chi connectivity index (χ4v) is 2.49. The molecule has 1 aromatic heterocycles. The van der Waals surface area contributed by atoms with Crippen molar-refractivity contribution in [2.45, 2.75) is 0 Å². The van der Waals surface area contributed by atoms with E-state index in [9.17, 15) is 4.79 Å². The van der Waals surface area contributed by atoms with Gasteiger partial charge in [0, 0.05) is 9.86 Å². The molecule has 1 heterocycles. The number of hydrogen-bond acceptors (Lipinski definition) is 5. The summed E-state index contributed by atoms with van der Waals surface area (Å²) in [4.78, 5) is 12.1. The van der Waals surface area contributed by atoms with Crippen LogP contribution >= 0.6 is 15.9 Å². The standard InChI is InChI=1S/C18H12BrN3O3/c19-14-3-6-16-13(9-14)10-17(25-16)18(23)22-21-11-12-1-4-15(5-2-12)24-8-7-20/h1-6,9-11H,8H2,(H,22,23)/b21-11+. The molecule has 3 rings (SSSR count). The molecule has 1 N–H and O–H groups in total. The highest BCUT2D eigenvalue weighted by atomic mass is 79.9. The van der Waals surface area contributed by atoms with Crippen LogP contribution in [0.5, 0.6) is 5.75 Å². The van der Waals surface area contributed by atoms with E-state index in [1.807, 2.05) is 18.2 Å². The van der Waals surface area contributed by atoms with Gasteiger partial charge in [-0.2, -0.15) is 10.4 Å². The van der Waals surface area contributed by atoms with Crippen LogP contribution in [0.1, 0.15) is 16.1 Å². The van der Waals surface area contributed by atoms with E-state index in [-0.39, 0.29) is 12.4 Å². The number of rotatable bonds is 5. The average molecular weight is 398 g/mol. The summed E-state index contributed by atoms with van der Waals surface area (Å²) in [5.74, 6) is 0.346. The molecule has 0 aliphatic carbocycles. The van der Waals surface area contributed by atoms with Gasteiger partial charge in [0.05, 0.1) is 6.21 Å². The highest BCUT2D eigenvalue weighted by Gasteiger charge is 2.11. The molecule has 25 heavy (non-hydrogen) atoms. The van der Waals surface area contributed by atoms with Crippen LogP contribution in [0.2, 0.25) is 0 Å². The minimum Gasteiger partial charge on any atom is -0.479 e. The topological polar surface area (TPSA) is 87.6 Å². The minimum absolute atomic E-state index is 0.00242. The van der Waals surface area contributed by atoms with E-state index >= 15 is 0 Å². The molecular formula is C18H12BrN3O3. The van der Waals surface area contributed by atoms with Crippen molar-refractivity contribution in [1.82, 2.24) is 5.43 Å². The van der Waals surface area contributed by atoms with Crippen molar-refractivity contribution in [2.75, 3.05) is 6.61 Å². The molecule has 0 fully saturated rings. The Labute approximate surface area is 151 Å². The molecule has 0 spiro atoms. The molecule has 1 amide bonds. The zero-order valence-electron chi connectivity index (χ0n) is 12.9. The van der Waals surface area contributed by atoms with Gasteiger partial charge in [0.2, 0.25) is 0 Å². The second-order valence-corrected chi connectivity index (χ2v) is 5.92. The number of ether oxygens (including phenoxy) is 1. The smallest absolute Gasteiger partial charge is 0.307 e. The molecule has 6 nitrogen and oxygen atoms in total. The zero-order chi connectivity index (χ0) is 17.6. The quantitative estimate of drug-likeness (QED) is 0.522. The van der Waals surface area contributed by atoms with Crippen molar-refractivity contribution in [3.8, 4) is 11.8 Å². The normalized spacial score (nSPS) is 10.7. The zero-order valence-corrected chi connectivity index (χ0v) is 14.5. The van der Waals surface area contributed by atoms with Gasteiger partial charge in [-0.05, 0) is 54.1 Å². The number of benzene rings is 2. The first-order chi connectivity index (χ1) is 12.2. The molecular weight excluding hydrogens is 386 g/mol. The minimum atomic E-state index is -0.433. The van der Waals surface area contributed by atoms with Gasteiger partial charge in [-0.25, -0.2) is 5.43 Å². The molecule has 0 saturated carbocycles. The number of nitrogens with zero attached hydrogens (tertiary/aromatic N) is 2. The van der Waals surface area contributed by atoms with E-state index in [1.54, 1.807) is 36.4 Å². The summed E-state index contributed by atoms with van der Waals surface area (Å²) < 4.78 is 11.6. The maximum atomic E-state index is 12.1. The number of nitrogens with one attached hydrogen (secondary N) is 1. The van der Waals surface area contributed by atoms with E-state index in [0.29, 0.717) is 11.3 Å². The van der Waals surface area contributed by atoms with Crippen LogP contribution in [-0.2, 0) is 0 Å². The molecule has 124 valence electrons. The van der Waals surface area contributed by atoms with E-state index in [4.69, 9.17) is 14.4 Å². The summed E-state index contributed by atoms with van der Waals surface area (Å²) >= 11 is 3.37. The first-order valence-electron chi connectivity index (χ1n) is 7.28. The highest BCUT2D eigenvalue weighted by molar-refractivity contribution is 9.10. The summed E-state index contributed by atoms with van der Waals surface area (Å²) in [6.45, 7) is -0.00242. The number of hydrogen-bond donors (Lipinski definition) is 1. The maximum Gasteiger partial charge on any atom is 0.307 e. The summed E-state index contributed by atoms with van der Waals surface area (Å²) in [6.07, 6.45) is 1.51. The van der Waals surface area contributed by atoms with Crippen LogP contribution in [0.25, 0.3) is 11.0 Å². The number of halogens is 1. The first-order valence-corrected chi connectivity index (χ1v) is 8.07. The molecule has 0 saturated heterocycles. The monoisotopic (exact) mass is 397 g/mol. The third kappa shape index (κ3) is 4.25. The van der Waals surface area contributed by atoms with E-state index < -0.39 is 5.91 Å². The van der Waals surface area contributed by atoms with Crippen molar-refractivity contribution in [3.05, 3.63) is 64.3 Å². The van der Waals surface area contributed by atoms with Gasteiger partial charge in [-0.1, -0.05) is 15.9 Å². The second kappa shape index (κ2) is 7.64. The molecule has 3 aromatic rings. The lowest BCUT2D eigenvalue weighted by molar-refractivity contribution is 0.0929. The Hall–Kier alpha value is -3.11. The lowest BCUT2D eigenvalue weighted by Crippen LogP contribution is -2.16. The highest BCUT2D eigenvalue weighted by Crippen LogP contribution is 2.23. The molecule has 7 heteroatoms. The number of amides is 1. The predicted octanol–water partition coefficient (Wildman–Crippen LogP) is 3.86. The molecule has 0 atom stereocenters. The maximum absolute atomic E-state index is 12.1. The number of fused-ring (bicyclic) bond motifs is 1. The summed E-state index contributed by atoms with van der Waals surface area (Å²) in [5, 5.41) is 13.2. The van der Waals surface area contributed by atoms with Crippen LogP contribution in [0.4, 0.5) is 0 Å². The molecule has 0 radical (unpaired) electrons.